The van der Waals surface area contributed by atoms with Crippen LogP contribution in [0, 0.1) is 11.3 Å². The minimum Gasteiger partial charge on any atom is -1.00 e. The Hall–Kier alpha value is -1.89. The molecule has 10 heteroatoms. The number of aryl methyl sites for hydroxylation is 1. The van der Waals surface area contributed by atoms with Crippen LogP contribution in [0.2, 0.25) is 0 Å². The highest BCUT2D eigenvalue weighted by Gasteiger charge is 2.21. The number of aromatic nitrogens is 2. The largest absolute Gasteiger partial charge is 1.00 e. The maximum absolute atomic E-state index is 12.1. The van der Waals surface area contributed by atoms with E-state index < -0.39 is 0 Å². The Morgan fingerprint density at radius 2 is 2.23 bits per heavy atom. The molecule has 0 saturated heterocycles. The molecule has 2 N–H and O–H groups in total. The second-order valence-corrected chi connectivity index (χ2v) is 7.89. The molecule has 0 fully saturated rings. The van der Waals surface area contributed by atoms with E-state index in [1.807, 2.05) is 6.92 Å². The second-order valence-electron chi connectivity index (χ2n) is 5.59. The van der Waals surface area contributed by atoms with E-state index in [9.17, 15) is 10.4 Å². The van der Waals surface area contributed by atoms with Gasteiger partial charge in [0.05, 0.1) is 4.21 Å². The van der Waals surface area contributed by atoms with Crippen LogP contribution >= 0.6 is 23.1 Å². The van der Waals surface area contributed by atoms with Gasteiger partial charge in [0.25, 0.3) is 10.9 Å². The van der Waals surface area contributed by atoms with Crippen molar-refractivity contribution in [2.45, 2.75) is 43.4 Å². The van der Waals surface area contributed by atoms with Gasteiger partial charge in [-0.05, 0) is 49.6 Å². The predicted octanol–water partition coefficient (Wildman–Crippen LogP) is -3.36. The van der Waals surface area contributed by atoms with Crippen LogP contribution in [0.4, 0.5) is 5.88 Å². The molecule has 2 aromatic heterocycles. The van der Waals surface area contributed by atoms with E-state index in [0.29, 0.717) is 16.8 Å². The molecule has 0 bridgehead atoms. The van der Waals surface area contributed by atoms with Crippen molar-refractivity contribution in [1.29, 1.82) is 5.26 Å². The Kier molecular flexibility index (Phi) is 7.20. The highest BCUT2D eigenvalue weighted by molar-refractivity contribution is 8.01. The Morgan fingerprint density at radius 3 is 2.88 bits per heavy atom. The molecule has 3 rings (SSSR count). The summed E-state index contributed by atoms with van der Waals surface area (Å²) in [5.74, 6) is 0.114. The van der Waals surface area contributed by atoms with E-state index in [2.05, 4.69) is 16.3 Å². The van der Waals surface area contributed by atoms with E-state index in [0.717, 1.165) is 35.5 Å². The Bertz CT molecular complexity index is 916. The van der Waals surface area contributed by atoms with Crippen LogP contribution in [0.3, 0.4) is 0 Å². The molecule has 0 radical (unpaired) electrons. The van der Waals surface area contributed by atoms with E-state index in [-0.39, 0.29) is 29.9 Å². The summed E-state index contributed by atoms with van der Waals surface area (Å²) in [6, 6.07) is 2.23. The SMILES string of the molecule is CC[n+]1cc(/N=C(/[O-])CSc2sc(=[NH2+])c(C#N)c3c2CCCC3)on1.[Cl-]. The normalized spacial score (nSPS) is 13.6. The topological polar surface area (TPSA) is 115 Å². The van der Waals surface area contributed by atoms with Crippen molar-refractivity contribution in [2.75, 3.05) is 5.75 Å². The molecule has 0 amide bonds. The van der Waals surface area contributed by atoms with Crippen LogP contribution in [0.1, 0.15) is 36.5 Å². The van der Waals surface area contributed by atoms with Gasteiger partial charge in [0.2, 0.25) is 5.27 Å². The number of nitrogens with zero attached hydrogens (tertiary/aromatic N) is 4. The first kappa shape index (κ1) is 20.4. The van der Waals surface area contributed by atoms with E-state index >= 15 is 0 Å². The fourth-order valence-corrected chi connectivity index (χ4v) is 4.98. The summed E-state index contributed by atoms with van der Waals surface area (Å²) in [6.45, 7) is 2.57. The molecule has 0 spiro atoms. The highest BCUT2D eigenvalue weighted by Crippen LogP contribution is 2.33. The summed E-state index contributed by atoms with van der Waals surface area (Å²) in [7, 11) is 0. The molecule has 26 heavy (non-hydrogen) atoms. The molecule has 1 aliphatic rings. The van der Waals surface area contributed by atoms with Crippen LogP contribution in [-0.2, 0) is 19.4 Å². The van der Waals surface area contributed by atoms with Gasteiger partial charge < -0.3 is 17.5 Å². The summed E-state index contributed by atoms with van der Waals surface area (Å²) in [5.41, 5.74) is 2.82. The second kappa shape index (κ2) is 9.16. The third kappa shape index (κ3) is 4.44. The number of halogens is 1. The maximum atomic E-state index is 12.1. The van der Waals surface area contributed by atoms with Gasteiger partial charge in [0.15, 0.2) is 6.54 Å². The van der Waals surface area contributed by atoms with E-state index in [1.54, 1.807) is 10.9 Å². The quantitative estimate of drug-likeness (QED) is 0.239. The van der Waals surface area contributed by atoms with E-state index in [4.69, 9.17) is 9.93 Å². The number of thioether (sulfide) groups is 1. The minimum atomic E-state index is -0.288. The van der Waals surface area contributed by atoms with Crippen molar-refractivity contribution < 1.29 is 32.1 Å². The van der Waals surface area contributed by atoms with Gasteiger partial charge in [0.1, 0.15) is 11.6 Å². The zero-order valence-corrected chi connectivity index (χ0v) is 16.6. The number of aliphatic imine (C=N–C) groups is 1. The molecular weight excluding hydrogens is 394 g/mol. The molecule has 0 aromatic carbocycles. The van der Waals surface area contributed by atoms with Crippen molar-refractivity contribution >= 4 is 34.9 Å². The zero-order valence-electron chi connectivity index (χ0n) is 14.2. The number of rotatable bonds is 5. The van der Waals surface area contributed by atoms with Crippen molar-refractivity contribution in [3.8, 4) is 6.07 Å². The Balaban J connectivity index is 0.00000243. The van der Waals surface area contributed by atoms with Gasteiger partial charge in [-0.15, -0.1) is 11.8 Å². The third-order valence-electron chi connectivity index (χ3n) is 3.96. The molecule has 2 heterocycles. The van der Waals surface area contributed by atoms with Crippen molar-refractivity contribution in [3.63, 3.8) is 0 Å². The average Bonchev–Trinajstić information content (AvgIpc) is 3.07. The third-order valence-corrected chi connectivity index (χ3v) is 6.32. The van der Waals surface area contributed by atoms with Gasteiger partial charge in [-0.25, -0.2) is 10.4 Å². The molecule has 0 unspecified atom stereocenters. The molecule has 0 saturated carbocycles. The molecule has 0 atom stereocenters. The average molecular weight is 412 g/mol. The summed E-state index contributed by atoms with van der Waals surface area (Å²) in [6.07, 6.45) is 5.54. The van der Waals surface area contributed by atoms with Gasteiger partial charge in [-0.2, -0.15) is 5.26 Å². The lowest BCUT2D eigenvalue weighted by molar-refractivity contribution is -0.759. The Labute approximate surface area is 165 Å². The van der Waals surface area contributed by atoms with Crippen LogP contribution in [-0.4, -0.2) is 16.9 Å². The number of fused-ring (bicyclic) bond motifs is 1. The first-order chi connectivity index (χ1) is 12.1. The lowest BCUT2D eigenvalue weighted by Crippen LogP contribution is -3.00. The Morgan fingerprint density at radius 1 is 1.50 bits per heavy atom. The standard InChI is InChI=1S/C16H17N5O2S2.ClH/c1-2-21-8-14(23-20-21)19-13(22)9-24-16-11-6-4-3-5-10(11)12(7-17)15(18)25-16;/h8,18H,2-6,9H2,1H3;1H. The number of nitrogens with two attached hydrogens (primary N) is 1. The smallest absolute Gasteiger partial charge is 0.320 e. The van der Waals surface area contributed by atoms with Crippen LogP contribution in [0.15, 0.2) is 19.9 Å². The molecule has 7 nitrogen and oxygen atoms in total. The maximum Gasteiger partial charge on any atom is 0.320 e. The van der Waals surface area contributed by atoms with Gasteiger partial charge >= 0.3 is 5.88 Å². The lowest BCUT2D eigenvalue weighted by Gasteiger charge is -2.19. The van der Waals surface area contributed by atoms with Crippen molar-refractivity contribution in [3.05, 3.63) is 27.6 Å². The highest BCUT2D eigenvalue weighted by atomic mass is 35.5. The zero-order chi connectivity index (χ0) is 17.8. The molecule has 1 aliphatic carbocycles. The van der Waals surface area contributed by atoms with Gasteiger partial charge in [0, 0.05) is 5.75 Å². The predicted molar refractivity (Wildman–Crippen MR) is 90.9 cm³/mol. The summed E-state index contributed by atoms with van der Waals surface area (Å²) >= 11 is 2.81. The minimum absolute atomic E-state index is 0. The molecule has 138 valence electrons. The summed E-state index contributed by atoms with van der Waals surface area (Å²) in [4.78, 5) is 3.92. The monoisotopic (exact) mass is 411 g/mol. The van der Waals surface area contributed by atoms with Crippen LogP contribution < -0.4 is 32.3 Å². The fraction of sp³-hybridized carbons (Fsp3) is 0.438. The van der Waals surface area contributed by atoms with Gasteiger partial charge in [-0.1, -0.05) is 16.0 Å². The first-order valence-electron chi connectivity index (χ1n) is 8.03. The summed E-state index contributed by atoms with van der Waals surface area (Å²) in [5, 5.41) is 31.2. The van der Waals surface area contributed by atoms with Crippen molar-refractivity contribution in [2.24, 2.45) is 4.99 Å². The van der Waals surface area contributed by atoms with Crippen LogP contribution in [0.25, 0.3) is 0 Å². The first-order valence-corrected chi connectivity index (χ1v) is 9.83. The number of hydrogen-bond acceptors (Lipinski definition) is 7. The molecular formula is C16H18ClN5O2S2. The summed E-state index contributed by atoms with van der Waals surface area (Å²) < 4.78 is 8.08. The molecule has 0 aliphatic heterocycles. The van der Waals surface area contributed by atoms with Gasteiger partial charge in [-0.3, -0.25) is 4.52 Å². The number of nitriles is 1. The van der Waals surface area contributed by atoms with Crippen LogP contribution in [0.5, 0.6) is 0 Å². The van der Waals surface area contributed by atoms with E-state index in [1.165, 1.54) is 28.7 Å². The van der Waals surface area contributed by atoms with Crippen molar-refractivity contribution in [1.82, 2.24) is 5.27 Å². The number of hydrogen-bond donors (Lipinski definition) is 1. The lowest BCUT2D eigenvalue weighted by atomic mass is 9.91. The fourth-order valence-electron chi connectivity index (χ4n) is 2.76. The molecule has 2 aromatic rings.